The molecule has 0 aliphatic heterocycles. The van der Waals surface area contributed by atoms with Crippen LogP contribution in [0.5, 0.6) is 11.5 Å². The number of esters is 1. The Balaban J connectivity index is 0.000000285. The second-order valence-corrected chi connectivity index (χ2v) is 11.7. The van der Waals surface area contributed by atoms with E-state index in [1.807, 2.05) is 68.3 Å². The number of carbonyl (C=O) groups is 1. The zero-order valence-corrected chi connectivity index (χ0v) is 26.3. The monoisotopic (exact) mass is 637 g/mol. The summed E-state index contributed by atoms with van der Waals surface area (Å²) in [4.78, 5) is 22.1. The Bertz CT molecular complexity index is 1540. The Hall–Kier alpha value is -4.08. The maximum absolute atomic E-state index is 12.6. The van der Waals surface area contributed by atoms with Crippen LogP contribution in [0.4, 0.5) is 0 Å². The van der Waals surface area contributed by atoms with Gasteiger partial charge in [-0.15, -0.1) is 0 Å². The van der Waals surface area contributed by atoms with Crippen LogP contribution in [0.15, 0.2) is 88.5 Å². The highest BCUT2D eigenvalue weighted by molar-refractivity contribution is 6.55. The standard InChI is InChI=1S/C22H19Cl2NO3.C10H11ClN4/c1-22(2)17(12-19(23)24)20(22)21(26)28-18(13-25)14-7-6-10-16(11-14)27-15-8-4-3-5-9-15;1-8(14-7-12)15(2)6-9-3-4-10(11)13-5-9/h3-12,17-18,20H,1-2H3;3-5H,6H2,1-2H3/b;14-8+/t17?,18-,20?;/m1./s1. The third-order valence-corrected chi connectivity index (χ3v) is 7.41. The molecular weight excluding hydrogens is 609 g/mol. The first-order valence-electron chi connectivity index (χ1n) is 13.2. The summed E-state index contributed by atoms with van der Waals surface area (Å²) in [6, 6.07) is 21.9. The van der Waals surface area contributed by atoms with Crippen LogP contribution >= 0.6 is 34.8 Å². The van der Waals surface area contributed by atoms with E-state index in [4.69, 9.17) is 49.5 Å². The van der Waals surface area contributed by atoms with Crippen molar-refractivity contribution in [1.29, 1.82) is 10.5 Å². The Kier molecular flexibility index (Phi) is 12.0. The first-order valence-corrected chi connectivity index (χ1v) is 14.3. The minimum absolute atomic E-state index is 0.114. The molecule has 0 amide bonds. The number of rotatable bonds is 8. The predicted molar refractivity (Wildman–Crippen MR) is 167 cm³/mol. The molecule has 0 radical (unpaired) electrons. The lowest BCUT2D eigenvalue weighted by atomic mass is 10.1. The van der Waals surface area contributed by atoms with E-state index in [0.29, 0.717) is 34.6 Å². The Morgan fingerprint density at radius 1 is 1.12 bits per heavy atom. The van der Waals surface area contributed by atoms with Gasteiger partial charge in [-0.1, -0.05) is 85.0 Å². The number of aromatic nitrogens is 1. The minimum atomic E-state index is -1.03. The molecule has 11 heteroatoms. The summed E-state index contributed by atoms with van der Waals surface area (Å²) in [5.74, 6) is 0.963. The van der Waals surface area contributed by atoms with E-state index in [9.17, 15) is 10.1 Å². The maximum atomic E-state index is 12.6. The highest BCUT2D eigenvalue weighted by Crippen LogP contribution is 2.60. The van der Waals surface area contributed by atoms with Gasteiger partial charge in [-0.3, -0.25) is 4.79 Å². The number of amidine groups is 1. The van der Waals surface area contributed by atoms with Crippen LogP contribution < -0.4 is 4.74 Å². The van der Waals surface area contributed by atoms with Gasteiger partial charge in [0.15, 0.2) is 0 Å². The van der Waals surface area contributed by atoms with Gasteiger partial charge in [0, 0.05) is 25.4 Å². The number of hydrogen-bond donors (Lipinski definition) is 0. The fourth-order valence-corrected chi connectivity index (χ4v) is 4.73. The average molecular weight is 639 g/mol. The highest BCUT2D eigenvalue weighted by atomic mass is 35.5. The molecule has 1 aliphatic carbocycles. The molecule has 0 bridgehead atoms. The van der Waals surface area contributed by atoms with Gasteiger partial charge >= 0.3 is 5.97 Å². The van der Waals surface area contributed by atoms with E-state index in [1.165, 1.54) is 0 Å². The van der Waals surface area contributed by atoms with Gasteiger partial charge in [-0.05, 0) is 60.2 Å². The molecule has 1 aliphatic rings. The number of allylic oxidation sites excluding steroid dienone is 1. The molecule has 2 unspecified atom stereocenters. The number of pyridine rings is 1. The summed E-state index contributed by atoms with van der Waals surface area (Å²) in [5.41, 5.74) is 1.25. The lowest BCUT2D eigenvalue weighted by Gasteiger charge is -2.17. The van der Waals surface area contributed by atoms with E-state index >= 15 is 0 Å². The Morgan fingerprint density at radius 2 is 1.81 bits per heavy atom. The lowest BCUT2D eigenvalue weighted by Crippen LogP contribution is -2.23. The molecular formula is C32H30Cl3N5O3. The smallest absolute Gasteiger partial charge is 0.311 e. The fraction of sp³-hybridized carbons (Fsp3) is 0.281. The zero-order valence-electron chi connectivity index (χ0n) is 24.0. The van der Waals surface area contributed by atoms with Crippen LogP contribution in [0.1, 0.15) is 38.0 Å². The van der Waals surface area contributed by atoms with Gasteiger partial charge in [-0.2, -0.15) is 15.5 Å². The van der Waals surface area contributed by atoms with Crippen LogP contribution in [-0.2, 0) is 16.1 Å². The number of aliphatic imine (C=N–C) groups is 1. The number of para-hydroxylation sites is 1. The van der Waals surface area contributed by atoms with Gasteiger partial charge in [0.25, 0.3) is 0 Å². The normalized spacial score (nSPS) is 17.1. The first kappa shape index (κ1) is 33.4. The van der Waals surface area contributed by atoms with Crippen molar-refractivity contribution in [2.24, 2.45) is 22.2 Å². The molecule has 1 aromatic heterocycles. The number of halogens is 3. The SMILES string of the molecule is C/C(=N\C#N)N(C)Cc1ccc(Cl)nc1.CC1(C)C(C=C(Cl)Cl)C1C(=O)O[C@H](C#N)c1cccc(Oc2ccccc2)c1. The summed E-state index contributed by atoms with van der Waals surface area (Å²) in [7, 11) is 1.87. The molecule has 1 heterocycles. The molecule has 3 atom stereocenters. The number of nitriles is 2. The highest BCUT2D eigenvalue weighted by Gasteiger charge is 2.62. The summed E-state index contributed by atoms with van der Waals surface area (Å²) in [5, 5.41) is 18.4. The zero-order chi connectivity index (χ0) is 31.6. The van der Waals surface area contributed by atoms with Crippen molar-refractivity contribution in [1.82, 2.24) is 9.88 Å². The first-order chi connectivity index (χ1) is 20.5. The van der Waals surface area contributed by atoms with Crippen molar-refractivity contribution in [3.05, 3.63) is 99.8 Å². The van der Waals surface area contributed by atoms with Crippen molar-refractivity contribution in [2.75, 3.05) is 7.05 Å². The Morgan fingerprint density at radius 3 is 2.42 bits per heavy atom. The average Bonchev–Trinajstić information content (AvgIpc) is 3.52. The van der Waals surface area contributed by atoms with Gasteiger partial charge in [0.1, 0.15) is 33.0 Å². The second kappa shape index (κ2) is 15.4. The van der Waals surface area contributed by atoms with Crippen molar-refractivity contribution >= 4 is 46.6 Å². The Labute approximate surface area is 266 Å². The lowest BCUT2D eigenvalue weighted by molar-refractivity contribution is -0.149. The third kappa shape index (κ3) is 9.73. The van der Waals surface area contributed by atoms with E-state index in [2.05, 4.69) is 9.98 Å². The fourth-order valence-electron chi connectivity index (χ4n) is 4.34. The number of hydrogen-bond acceptors (Lipinski definition) is 7. The van der Waals surface area contributed by atoms with Gasteiger partial charge in [-0.25, -0.2) is 4.98 Å². The molecule has 0 saturated heterocycles. The summed E-state index contributed by atoms with van der Waals surface area (Å²) >= 11 is 17.1. The molecule has 43 heavy (non-hydrogen) atoms. The van der Waals surface area contributed by atoms with Gasteiger partial charge < -0.3 is 14.4 Å². The van der Waals surface area contributed by atoms with Crippen molar-refractivity contribution < 1.29 is 14.3 Å². The molecule has 1 saturated carbocycles. The van der Waals surface area contributed by atoms with E-state index in [1.54, 1.807) is 55.7 Å². The van der Waals surface area contributed by atoms with Crippen LogP contribution in [0, 0.1) is 40.0 Å². The quantitative estimate of drug-likeness (QED) is 0.0803. The summed E-state index contributed by atoms with van der Waals surface area (Å²) in [6.45, 7) is 6.31. The van der Waals surface area contributed by atoms with E-state index in [-0.39, 0.29) is 21.7 Å². The van der Waals surface area contributed by atoms with Crippen LogP contribution in [0.25, 0.3) is 0 Å². The number of ether oxygens (including phenoxy) is 2. The molecule has 1 fully saturated rings. The molecule has 222 valence electrons. The summed E-state index contributed by atoms with van der Waals surface area (Å²) < 4.78 is 11.4. The number of nitrogens with zero attached hydrogens (tertiary/aromatic N) is 5. The van der Waals surface area contributed by atoms with Crippen molar-refractivity contribution in [3.63, 3.8) is 0 Å². The number of carbonyl (C=O) groups excluding carboxylic acids is 1. The largest absolute Gasteiger partial charge is 0.457 e. The number of benzene rings is 2. The van der Waals surface area contributed by atoms with Gasteiger partial charge in [0.2, 0.25) is 12.3 Å². The van der Waals surface area contributed by atoms with Crippen molar-refractivity contribution in [3.8, 4) is 23.8 Å². The van der Waals surface area contributed by atoms with Crippen LogP contribution in [0.3, 0.4) is 0 Å². The third-order valence-electron chi connectivity index (χ3n) is 6.93. The molecule has 4 rings (SSSR count). The molecule has 0 spiro atoms. The van der Waals surface area contributed by atoms with Crippen LogP contribution in [0.2, 0.25) is 5.15 Å². The maximum Gasteiger partial charge on any atom is 0.311 e. The molecule has 2 aromatic carbocycles. The topological polar surface area (TPSA) is 112 Å². The summed E-state index contributed by atoms with van der Waals surface area (Å²) in [6.07, 6.45) is 4.07. The predicted octanol–water partition coefficient (Wildman–Crippen LogP) is 8.24. The van der Waals surface area contributed by atoms with E-state index < -0.39 is 12.1 Å². The van der Waals surface area contributed by atoms with Crippen LogP contribution in [-0.4, -0.2) is 28.7 Å². The molecule has 8 nitrogen and oxygen atoms in total. The molecule has 3 aromatic rings. The van der Waals surface area contributed by atoms with E-state index in [0.717, 1.165) is 5.56 Å². The molecule has 0 N–H and O–H groups in total. The van der Waals surface area contributed by atoms with Gasteiger partial charge in [0.05, 0.1) is 5.92 Å². The minimum Gasteiger partial charge on any atom is -0.457 e. The van der Waals surface area contributed by atoms with Crippen molar-refractivity contribution in [2.45, 2.75) is 33.4 Å². The second-order valence-electron chi connectivity index (χ2n) is 10.3.